The van der Waals surface area contributed by atoms with E-state index in [2.05, 4.69) is 19.9 Å². The van der Waals surface area contributed by atoms with Crippen molar-refractivity contribution in [1.82, 2.24) is 15.8 Å². The van der Waals surface area contributed by atoms with Crippen molar-refractivity contribution in [1.29, 1.82) is 0 Å². The average molecular weight is 322 g/mol. The lowest BCUT2D eigenvalue weighted by Crippen LogP contribution is -2.21. The quantitative estimate of drug-likeness (QED) is 0.445. The predicted octanol–water partition coefficient (Wildman–Crippen LogP) is 2.38. The second kappa shape index (κ2) is 5.58. The highest BCUT2D eigenvalue weighted by Gasteiger charge is 2.33. The zero-order valence-electron chi connectivity index (χ0n) is 10.0. The lowest BCUT2D eigenvalue weighted by Gasteiger charge is -2.09. The third-order valence-electron chi connectivity index (χ3n) is 2.34. The van der Waals surface area contributed by atoms with Gasteiger partial charge in [0, 0.05) is 0 Å². The number of aromatic nitrogens is 2. The number of hydrogen-bond acceptors (Lipinski definition) is 6. The maximum Gasteiger partial charge on any atom is 0.417 e. The molecule has 0 saturated carbocycles. The number of nitrogens with zero attached hydrogens (tertiary/aromatic N) is 3. The fourth-order valence-electron chi connectivity index (χ4n) is 1.42. The molecule has 0 fully saturated rings. The summed E-state index contributed by atoms with van der Waals surface area (Å²) in [6.45, 7) is 0. The molecule has 11 heteroatoms. The number of anilines is 1. The highest BCUT2D eigenvalue weighted by molar-refractivity contribution is 6.31. The largest absolute Gasteiger partial charge is 0.417 e. The number of benzene rings is 1. The van der Waals surface area contributed by atoms with Gasteiger partial charge in [0.05, 0.1) is 16.3 Å². The van der Waals surface area contributed by atoms with E-state index in [-0.39, 0.29) is 23.0 Å². The van der Waals surface area contributed by atoms with Gasteiger partial charge in [0.15, 0.2) is 17.3 Å². The first-order valence-electron chi connectivity index (χ1n) is 5.27. The molecule has 0 unspecified atom stereocenters. The molecule has 0 amide bonds. The fraction of sp³-hybridized carbons (Fsp3) is 0.100. The Morgan fingerprint density at radius 3 is 2.62 bits per heavy atom. The minimum Gasteiger partial charge on any atom is -0.379 e. The number of hydroxylamine groups is 1. The van der Waals surface area contributed by atoms with Crippen LogP contribution in [0.2, 0.25) is 5.02 Å². The predicted molar refractivity (Wildman–Crippen MR) is 66.3 cm³/mol. The molecule has 1 aromatic carbocycles. The van der Waals surface area contributed by atoms with Crippen LogP contribution in [-0.2, 0) is 6.18 Å². The standard InChI is InChI=1S/C10H7ClF3N5O2/c11-6-2-1-4(3-5(6)10(12,13)14)16-9(17-20)7-8(15)19-21-18-7/h1-3,20H,(H2,15,19)(H,16,17). The second-order valence-corrected chi connectivity index (χ2v) is 4.14. The summed E-state index contributed by atoms with van der Waals surface area (Å²) in [5.41, 5.74) is 5.71. The van der Waals surface area contributed by atoms with Gasteiger partial charge in [-0.05, 0) is 28.5 Å². The molecular weight excluding hydrogens is 315 g/mol. The number of hydrogen-bond donors (Lipinski definition) is 3. The fourth-order valence-corrected chi connectivity index (χ4v) is 1.64. The maximum atomic E-state index is 12.7. The van der Waals surface area contributed by atoms with E-state index in [1.807, 2.05) is 0 Å². The molecular formula is C10H7ClF3N5O2. The van der Waals surface area contributed by atoms with E-state index in [0.29, 0.717) is 6.07 Å². The zero-order chi connectivity index (χ0) is 15.6. The molecule has 0 radical (unpaired) electrons. The van der Waals surface area contributed by atoms with Gasteiger partial charge >= 0.3 is 6.18 Å². The normalized spacial score (nSPS) is 12.5. The van der Waals surface area contributed by atoms with Crippen molar-refractivity contribution in [3.63, 3.8) is 0 Å². The topological polar surface area (TPSA) is 110 Å². The first-order chi connectivity index (χ1) is 9.82. The molecule has 2 rings (SSSR count). The highest BCUT2D eigenvalue weighted by Crippen LogP contribution is 2.36. The van der Waals surface area contributed by atoms with Crippen molar-refractivity contribution in [3.05, 3.63) is 34.5 Å². The van der Waals surface area contributed by atoms with Crippen LogP contribution in [0.5, 0.6) is 0 Å². The van der Waals surface area contributed by atoms with Crippen molar-refractivity contribution in [2.75, 3.05) is 5.73 Å². The average Bonchev–Trinajstić information content (AvgIpc) is 2.82. The molecule has 0 saturated heterocycles. The van der Waals surface area contributed by atoms with Crippen molar-refractivity contribution >= 4 is 28.9 Å². The van der Waals surface area contributed by atoms with Gasteiger partial charge in [-0.2, -0.15) is 13.2 Å². The van der Waals surface area contributed by atoms with E-state index in [4.69, 9.17) is 22.5 Å². The number of halogens is 4. The van der Waals surface area contributed by atoms with Crippen molar-refractivity contribution in [3.8, 4) is 0 Å². The first kappa shape index (κ1) is 15.1. The molecule has 1 aromatic heterocycles. The number of nitrogen functional groups attached to an aromatic ring is 1. The third-order valence-corrected chi connectivity index (χ3v) is 2.67. The Labute approximate surface area is 120 Å². The Morgan fingerprint density at radius 1 is 1.38 bits per heavy atom. The smallest absolute Gasteiger partial charge is 0.379 e. The van der Waals surface area contributed by atoms with Crippen LogP contribution < -0.4 is 11.2 Å². The Bertz CT molecular complexity index is 686. The molecule has 2 aromatic rings. The minimum atomic E-state index is -4.64. The monoisotopic (exact) mass is 321 g/mol. The summed E-state index contributed by atoms with van der Waals surface area (Å²) >= 11 is 5.49. The second-order valence-electron chi connectivity index (χ2n) is 3.73. The summed E-state index contributed by atoms with van der Waals surface area (Å²) in [4.78, 5) is 3.75. The number of rotatable bonds is 2. The van der Waals surface area contributed by atoms with E-state index in [1.54, 1.807) is 5.48 Å². The van der Waals surface area contributed by atoms with Gasteiger partial charge in [0.1, 0.15) is 0 Å². The summed E-state index contributed by atoms with van der Waals surface area (Å²) in [7, 11) is 0. The molecule has 0 aliphatic heterocycles. The maximum absolute atomic E-state index is 12.7. The van der Waals surface area contributed by atoms with Crippen molar-refractivity contribution in [2.45, 2.75) is 6.18 Å². The van der Waals surface area contributed by atoms with Crippen molar-refractivity contribution in [2.24, 2.45) is 4.99 Å². The van der Waals surface area contributed by atoms with Crippen LogP contribution in [0.25, 0.3) is 0 Å². The van der Waals surface area contributed by atoms with Crippen LogP contribution in [0.3, 0.4) is 0 Å². The van der Waals surface area contributed by atoms with Crippen molar-refractivity contribution < 1.29 is 23.0 Å². The molecule has 0 bridgehead atoms. The lowest BCUT2D eigenvalue weighted by molar-refractivity contribution is -0.137. The number of amidine groups is 1. The van der Waals surface area contributed by atoms with Gasteiger partial charge < -0.3 is 5.73 Å². The number of nitrogens with two attached hydrogens (primary N) is 1. The molecule has 0 spiro atoms. The molecule has 7 nitrogen and oxygen atoms in total. The number of alkyl halides is 3. The Balaban J connectivity index is 2.47. The summed E-state index contributed by atoms with van der Waals surface area (Å²) in [5, 5.41) is 15.1. The van der Waals surface area contributed by atoms with E-state index in [0.717, 1.165) is 6.07 Å². The van der Waals surface area contributed by atoms with Crippen LogP contribution in [0, 0.1) is 0 Å². The number of aliphatic imine (C=N–C) groups is 1. The van der Waals surface area contributed by atoms with E-state index in [9.17, 15) is 13.2 Å². The Morgan fingerprint density at radius 2 is 2.10 bits per heavy atom. The first-order valence-corrected chi connectivity index (χ1v) is 5.64. The molecule has 112 valence electrons. The van der Waals surface area contributed by atoms with Gasteiger partial charge in [-0.25, -0.2) is 9.62 Å². The molecule has 1 heterocycles. The van der Waals surface area contributed by atoms with Crippen LogP contribution in [0.1, 0.15) is 11.3 Å². The van der Waals surface area contributed by atoms with E-state index < -0.39 is 16.8 Å². The molecule has 0 atom stereocenters. The Kier molecular flexibility index (Phi) is 4.00. The summed E-state index contributed by atoms with van der Waals surface area (Å²) in [6, 6.07) is 2.96. The molecule has 0 aliphatic carbocycles. The highest BCUT2D eigenvalue weighted by atomic mass is 35.5. The van der Waals surface area contributed by atoms with Crippen LogP contribution in [0.4, 0.5) is 24.7 Å². The number of nitrogens with one attached hydrogen (secondary N) is 1. The van der Waals surface area contributed by atoms with Gasteiger partial charge in [0.2, 0.25) is 0 Å². The van der Waals surface area contributed by atoms with E-state index >= 15 is 0 Å². The van der Waals surface area contributed by atoms with Gasteiger partial charge in [-0.1, -0.05) is 11.6 Å². The third kappa shape index (κ3) is 3.23. The van der Waals surface area contributed by atoms with Crippen LogP contribution in [0.15, 0.2) is 27.8 Å². The molecule has 21 heavy (non-hydrogen) atoms. The van der Waals surface area contributed by atoms with Crippen LogP contribution >= 0.6 is 11.6 Å². The Hall–Kier alpha value is -2.33. The SMILES string of the molecule is Nc1nonc1C(=Nc1ccc(Cl)c(C(F)(F)F)c1)NO. The van der Waals surface area contributed by atoms with Crippen LogP contribution in [-0.4, -0.2) is 21.4 Å². The zero-order valence-corrected chi connectivity index (χ0v) is 10.8. The lowest BCUT2D eigenvalue weighted by atomic mass is 10.2. The summed E-state index contributed by atoms with van der Waals surface area (Å²) in [6.07, 6.45) is -4.64. The summed E-state index contributed by atoms with van der Waals surface area (Å²) < 4.78 is 42.5. The van der Waals surface area contributed by atoms with Gasteiger partial charge in [-0.15, -0.1) is 0 Å². The molecule has 4 N–H and O–H groups in total. The van der Waals surface area contributed by atoms with E-state index in [1.165, 1.54) is 6.07 Å². The van der Waals surface area contributed by atoms with Gasteiger partial charge in [-0.3, -0.25) is 10.7 Å². The molecule has 0 aliphatic rings. The summed E-state index contributed by atoms with van der Waals surface area (Å²) in [5.74, 6) is -0.524. The van der Waals surface area contributed by atoms with Gasteiger partial charge in [0.25, 0.3) is 0 Å². The minimum absolute atomic E-state index is 0.134.